The van der Waals surface area contributed by atoms with Crippen molar-refractivity contribution in [1.82, 2.24) is 14.7 Å². The van der Waals surface area contributed by atoms with Gasteiger partial charge in [0.15, 0.2) is 0 Å². The maximum absolute atomic E-state index is 12.7. The third-order valence-electron chi connectivity index (χ3n) is 4.95. The van der Waals surface area contributed by atoms with Crippen LogP contribution in [0.25, 0.3) is 0 Å². The largest absolute Gasteiger partial charge is 0.497 e. The monoisotopic (exact) mass is 339 g/mol. The van der Waals surface area contributed by atoms with Crippen LogP contribution in [0.1, 0.15) is 35.6 Å². The van der Waals surface area contributed by atoms with Gasteiger partial charge in [-0.05, 0) is 48.6 Å². The Balaban J connectivity index is 1.48. The summed E-state index contributed by atoms with van der Waals surface area (Å²) in [6.45, 7) is 1.22. The van der Waals surface area contributed by atoms with Gasteiger partial charge in [-0.2, -0.15) is 5.10 Å². The molecule has 0 bridgehead atoms. The first-order valence-corrected chi connectivity index (χ1v) is 8.65. The minimum Gasteiger partial charge on any atom is -0.497 e. The zero-order valence-corrected chi connectivity index (χ0v) is 14.3. The Morgan fingerprint density at radius 3 is 2.84 bits per heavy atom. The average molecular weight is 339 g/mol. The lowest BCUT2D eigenvalue weighted by molar-refractivity contribution is -0.133. The van der Waals surface area contributed by atoms with Crippen LogP contribution in [0.4, 0.5) is 0 Å². The second-order valence-electron chi connectivity index (χ2n) is 6.73. The van der Waals surface area contributed by atoms with E-state index < -0.39 is 0 Å². The van der Waals surface area contributed by atoms with Gasteiger partial charge in [-0.15, -0.1) is 0 Å². The van der Waals surface area contributed by atoms with Crippen LogP contribution in [-0.2, 0) is 24.3 Å². The Hall–Kier alpha value is -2.63. The highest BCUT2D eigenvalue weighted by atomic mass is 16.5. The van der Waals surface area contributed by atoms with Crippen LogP contribution in [0.15, 0.2) is 35.1 Å². The second kappa shape index (κ2) is 6.35. The van der Waals surface area contributed by atoms with Gasteiger partial charge in [0.2, 0.25) is 5.91 Å². The lowest BCUT2D eigenvalue weighted by Crippen LogP contribution is -2.40. The van der Waals surface area contributed by atoms with Gasteiger partial charge in [0, 0.05) is 25.1 Å². The van der Waals surface area contributed by atoms with E-state index >= 15 is 0 Å². The molecule has 1 amide bonds. The number of ether oxygens (including phenoxy) is 1. The SMILES string of the molecule is COc1ccc2c(c1)CCN(C(=O)Cn1nc(C3CC3)ccc1=O)C2. The van der Waals surface area contributed by atoms with Crippen molar-refractivity contribution in [3.8, 4) is 5.75 Å². The van der Waals surface area contributed by atoms with Crippen molar-refractivity contribution in [2.75, 3.05) is 13.7 Å². The summed E-state index contributed by atoms with van der Waals surface area (Å²) in [6.07, 6.45) is 3.03. The highest BCUT2D eigenvalue weighted by Gasteiger charge is 2.26. The molecular weight excluding hydrogens is 318 g/mol. The van der Waals surface area contributed by atoms with Crippen molar-refractivity contribution in [2.24, 2.45) is 0 Å². The molecule has 130 valence electrons. The number of nitrogens with zero attached hydrogens (tertiary/aromatic N) is 3. The first-order valence-electron chi connectivity index (χ1n) is 8.65. The lowest BCUT2D eigenvalue weighted by atomic mass is 9.99. The number of carbonyl (C=O) groups is 1. The molecule has 1 aliphatic carbocycles. The standard InChI is InChI=1S/C19H21N3O3/c1-25-16-5-4-15-11-21(9-8-14(15)10-16)19(24)12-22-18(23)7-6-17(20-22)13-2-3-13/h4-7,10,13H,2-3,8-9,11-12H2,1H3. The first kappa shape index (κ1) is 15.9. The Bertz CT molecular complexity index is 870. The van der Waals surface area contributed by atoms with Crippen molar-refractivity contribution in [1.29, 1.82) is 0 Å². The second-order valence-corrected chi connectivity index (χ2v) is 6.73. The summed E-state index contributed by atoms with van der Waals surface area (Å²) in [5, 5.41) is 4.38. The predicted octanol–water partition coefficient (Wildman–Crippen LogP) is 1.71. The first-order chi connectivity index (χ1) is 12.1. The van der Waals surface area contributed by atoms with E-state index in [2.05, 4.69) is 5.10 Å². The summed E-state index contributed by atoms with van der Waals surface area (Å²) in [7, 11) is 1.65. The van der Waals surface area contributed by atoms with Crippen LogP contribution in [0, 0.1) is 0 Å². The van der Waals surface area contributed by atoms with E-state index in [1.165, 1.54) is 16.3 Å². The van der Waals surface area contributed by atoms with Crippen molar-refractivity contribution in [3.05, 3.63) is 57.5 Å². The number of methoxy groups -OCH3 is 1. The molecular formula is C19H21N3O3. The van der Waals surface area contributed by atoms with Crippen LogP contribution in [0.5, 0.6) is 5.75 Å². The fourth-order valence-electron chi connectivity index (χ4n) is 3.27. The Kier molecular flexibility index (Phi) is 4.03. The van der Waals surface area contributed by atoms with Crippen LogP contribution in [-0.4, -0.2) is 34.2 Å². The zero-order chi connectivity index (χ0) is 17.4. The van der Waals surface area contributed by atoms with Crippen LogP contribution in [0.3, 0.4) is 0 Å². The molecule has 25 heavy (non-hydrogen) atoms. The van der Waals surface area contributed by atoms with E-state index in [1.807, 2.05) is 18.2 Å². The topological polar surface area (TPSA) is 64.4 Å². The summed E-state index contributed by atoms with van der Waals surface area (Å²) in [5.41, 5.74) is 3.05. The number of amides is 1. The molecule has 1 fully saturated rings. The van der Waals surface area contributed by atoms with Crippen molar-refractivity contribution < 1.29 is 9.53 Å². The van der Waals surface area contributed by atoms with E-state index in [9.17, 15) is 9.59 Å². The van der Waals surface area contributed by atoms with Gasteiger partial charge in [-0.25, -0.2) is 4.68 Å². The highest BCUT2D eigenvalue weighted by molar-refractivity contribution is 5.76. The zero-order valence-electron chi connectivity index (χ0n) is 14.3. The number of benzene rings is 1. The molecule has 1 saturated carbocycles. The van der Waals surface area contributed by atoms with Gasteiger partial charge < -0.3 is 9.64 Å². The molecule has 1 aliphatic heterocycles. The Labute approximate surface area is 146 Å². The third-order valence-corrected chi connectivity index (χ3v) is 4.95. The molecule has 0 N–H and O–H groups in total. The summed E-state index contributed by atoms with van der Waals surface area (Å²) < 4.78 is 6.56. The Morgan fingerprint density at radius 2 is 2.08 bits per heavy atom. The summed E-state index contributed by atoms with van der Waals surface area (Å²) in [6, 6.07) is 9.25. The summed E-state index contributed by atoms with van der Waals surface area (Å²) in [4.78, 5) is 26.5. The molecule has 1 aromatic carbocycles. The average Bonchev–Trinajstić information content (AvgIpc) is 3.47. The van der Waals surface area contributed by atoms with Gasteiger partial charge in [-0.3, -0.25) is 9.59 Å². The van der Waals surface area contributed by atoms with Crippen LogP contribution in [0.2, 0.25) is 0 Å². The van der Waals surface area contributed by atoms with Gasteiger partial charge in [-0.1, -0.05) is 6.07 Å². The number of rotatable bonds is 4. The van der Waals surface area contributed by atoms with Gasteiger partial charge in [0.25, 0.3) is 5.56 Å². The van der Waals surface area contributed by atoms with Crippen molar-refractivity contribution >= 4 is 5.91 Å². The molecule has 0 unspecified atom stereocenters. The highest BCUT2D eigenvalue weighted by Crippen LogP contribution is 2.38. The third kappa shape index (κ3) is 3.29. The maximum Gasteiger partial charge on any atom is 0.267 e. The van der Waals surface area contributed by atoms with E-state index in [-0.39, 0.29) is 18.0 Å². The predicted molar refractivity (Wildman–Crippen MR) is 92.6 cm³/mol. The molecule has 2 aliphatic rings. The number of aromatic nitrogens is 2. The summed E-state index contributed by atoms with van der Waals surface area (Å²) >= 11 is 0. The number of carbonyl (C=O) groups excluding carboxylic acids is 1. The molecule has 1 aromatic heterocycles. The molecule has 4 rings (SSSR count). The molecule has 6 nitrogen and oxygen atoms in total. The summed E-state index contributed by atoms with van der Waals surface area (Å²) in [5.74, 6) is 1.23. The van der Waals surface area contributed by atoms with Crippen LogP contribution >= 0.6 is 0 Å². The van der Waals surface area contributed by atoms with E-state index in [4.69, 9.17) is 4.74 Å². The van der Waals surface area contributed by atoms with Gasteiger partial charge in [0.1, 0.15) is 12.3 Å². The number of hydrogen-bond donors (Lipinski definition) is 0. The van der Waals surface area contributed by atoms with E-state index in [0.29, 0.717) is 19.0 Å². The molecule has 2 aromatic rings. The minimum absolute atomic E-state index is 0.00484. The fourth-order valence-corrected chi connectivity index (χ4v) is 3.27. The maximum atomic E-state index is 12.7. The lowest BCUT2D eigenvalue weighted by Gasteiger charge is -2.29. The van der Waals surface area contributed by atoms with Crippen molar-refractivity contribution in [3.63, 3.8) is 0 Å². The molecule has 0 saturated heterocycles. The molecule has 0 atom stereocenters. The fraction of sp³-hybridized carbons (Fsp3) is 0.421. The van der Waals surface area contributed by atoms with Gasteiger partial charge >= 0.3 is 0 Å². The van der Waals surface area contributed by atoms with E-state index in [1.54, 1.807) is 18.1 Å². The van der Waals surface area contributed by atoms with Crippen LogP contribution < -0.4 is 10.3 Å². The Morgan fingerprint density at radius 1 is 1.24 bits per heavy atom. The minimum atomic E-state index is -0.222. The molecule has 2 heterocycles. The molecule has 0 radical (unpaired) electrons. The van der Waals surface area contributed by atoms with Gasteiger partial charge in [0.05, 0.1) is 12.8 Å². The molecule has 0 spiro atoms. The number of fused-ring (bicyclic) bond motifs is 1. The smallest absolute Gasteiger partial charge is 0.267 e. The quantitative estimate of drug-likeness (QED) is 0.851. The number of hydrogen-bond acceptors (Lipinski definition) is 4. The normalized spacial score (nSPS) is 16.4. The molecule has 6 heteroatoms. The van der Waals surface area contributed by atoms with E-state index in [0.717, 1.165) is 36.3 Å². The van der Waals surface area contributed by atoms with Crippen molar-refractivity contribution in [2.45, 2.75) is 38.3 Å².